The molecule has 3 aromatic carbocycles. The molecule has 1 unspecified atom stereocenters. The molecule has 35 heavy (non-hydrogen) atoms. The summed E-state index contributed by atoms with van der Waals surface area (Å²) in [4.78, 5) is 4.81. The van der Waals surface area contributed by atoms with Gasteiger partial charge in [-0.3, -0.25) is 0 Å². The minimum Gasteiger partial charge on any atom is -0.508 e. The third kappa shape index (κ3) is 6.31. The lowest BCUT2D eigenvalue weighted by atomic mass is 10.00. The van der Waals surface area contributed by atoms with Gasteiger partial charge in [-0.1, -0.05) is 85.6 Å². The Bertz CT molecular complexity index is 1220. The molecule has 0 saturated heterocycles. The minimum atomic E-state index is 0.00770. The van der Waals surface area contributed by atoms with Crippen molar-refractivity contribution in [2.45, 2.75) is 51.9 Å². The van der Waals surface area contributed by atoms with Crippen molar-refractivity contribution < 1.29 is 10.2 Å². The Morgan fingerprint density at radius 2 is 1.80 bits per heavy atom. The molecule has 0 aliphatic carbocycles. The summed E-state index contributed by atoms with van der Waals surface area (Å²) in [7, 11) is 0. The summed E-state index contributed by atoms with van der Waals surface area (Å²) in [5, 5.41) is 23.4. The summed E-state index contributed by atoms with van der Waals surface area (Å²) in [6, 6.07) is 23.4. The number of phenolic OH excluding ortho intramolecular Hbond substituents is 1. The maximum atomic E-state index is 9.70. The summed E-state index contributed by atoms with van der Waals surface area (Å²) in [5.74, 6) is 1.15. The number of halogens is 1. The van der Waals surface area contributed by atoms with Crippen LogP contribution >= 0.6 is 11.6 Å². The number of hydrogen-bond acceptors (Lipinski definition) is 4. The first-order valence-electron chi connectivity index (χ1n) is 12.1. The van der Waals surface area contributed by atoms with Crippen LogP contribution < -0.4 is 5.32 Å². The highest BCUT2D eigenvalue weighted by atomic mass is 35.5. The predicted molar refractivity (Wildman–Crippen MR) is 141 cm³/mol. The van der Waals surface area contributed by atoms with E-state index in [9.17, 15) is 10.2 Å². The highest BCUT2D eigenvalue weighted by molar-refractivity contribution is 6.31. The van der Waals surface area contributed by atoms with Gasteiger partial charge in [0.2, 0.25) is 0 Å². The van der Waals surface area contributed by atoms with Gasteiger partial charge in [0.15, 0.2) is 0 Å². The van der Waals surface area contributed by atoms with Crippen molar-refractivity contribution in [1.29, 1.82) is 0 Å². The van der Waals surface area contributed by atoms with Crippen molar-refractivity contribution in [3.63, 3.8) is 0 Å². The van der Waals surface area contributed by atoms with Crippen molar-refractivity contribution in [2.75, 3.05) is 0 Å². The topological polar surface area (TPSA) is 70.3 Å². The minimum absolute atomic E-state index is 0.00770. The van der Waals surface area contributed by atoms with Gasteiger partial charge in [0, 0.05) is 48.0 Å². The smallest absolute Gasteiger partial charge is 0.140 e. The van der Waals surface area contributed by atoms with Crippen LogP contribution in [0.25, 0.3) is 11.4 Å². The molecule has 0 aliphatic rings. The maximum absolute atomic E-state index is 9.70. The molecule has 0 fully saturated rings. The van der Waals surface area contributed by atoms with Crippen LogP contribution in [-0.2, 0) is 26.1 Å². The molecule has 1 heterocycles. The zero-order valence-electron chi connectivity index (χ0n) is 20.0. The summed E-state index contributed by atoms with van der Waals surface area (Å²) in [5.41, 5.74) is 5.21. The number of nitrogens with one attached hydrogen (secondary N) is 1. The lowest BCUT2D eigenvalue weighted by Crippen LogP contribution is -2.24. The molecule has 1 atom stereocenters. The van der Waals surface area contributed by atoms with Gasteiger partial charge in [0.1, 0.15) is 11.6 Å². The lowest BCUT2D eigenvalue weighted by Gasteiger charge is -2.22. The highest BCUT2D eigenvalue weighted by Gasteiger charge is 2.18. The zero-order chi connectivity index (χ0) is 24.6. The molecule has 3 N–H and O–H groups in total. The van der Waals surface area contributed by atoms with Gasteiger partial charge in [-0.05, 0) is 35.2 Å². The van der Waals surface area contributed by atoms with E-state index < -0.39 is 0 Å². The SMILES string of the molecule is CCCCn1c(CC(NCc2ccc(O)cc2Cl)c2ccc(CO)cc2)cnc1-c1ccccc1. The van der Waals surface area contributed by atoms with E-state index in [4.69, 9.17) is 16.6 Å². The molecule has 0 amide bonds. The van der Waals surface area contributed by atoms with E-state index in [1.165, 1.54) is 0 Å². The Morgan fingerprint density at radius 3 is 2.49 bits per heavy atom. The molecule has 182 valence electrons. The van der Waals surface area contributed by atoms with E-state index in [-0.39, 0.29) is 18.4 Å². The maximum Gasteiger partial charge on any atom is 0.140 e. The van der Waals surface area contributed by atoms with Crippen LogP contribution in [0.15, 0.2) is 79.0 Å². The molecule has 0 spiro atoms. The summed E-state index contributed by atoms with van der Waals surface area (Å²) >= 11 is 6.37. The van der Waals surface area contributed by atoms with E-state index in [0.29, 0.717) is 11.6 Å². The fourth-order valence-electron chi connectivity index (χ4n) is 4.24. The van der Waals surface area contributed by atoms with Crippen LogP contribution in [0.2, 0.25) is 5.02 Å². The van der Waals surface area contributed by atoms with Crippen LogP contribution in [0.3, 0.4) is 0 Å². The zero-order valence-corrected chi connectivity index (χ0v) is 20.7. The van der Waals surface area contributed by atoms with Crippen LogP contribution in [0.5, 0.6) is 5.75 Å². The first-order chi connectivity index (χ1) is 17.1. The van der Waals surface area contributed by atoms with Gasteiger partial charge in [-0.25, -0.2) is 4.98 Å². The molecule has 0 aliphatic heterocycles. The first-order valence-corrected chi connectivity index (χ1v) is 12.5. The van der Waals surface area contributed by atoms with E-state index in [1.807, 2.05) is 42.6 Å². The van der Waals surface area contributed by atoms with Crippen molar-refractivity contribution >= 4 is 11.6 Å². The second kappa shape index (κ2) is 12.0. The van der Waals surface area contributed by atoms with Gasteiger partial charge >= 0.3 is 0 Å². The average Bonchev–Trinajstić information content (AvgIpc) is 3.29. The quantitative estimate of drug-likeness (QED) is 0.232. The van der Waals surface area contributed by atoms with E-state index in [2.05, 4.69) is 41.1 Å². The molecule has 6 heteroatoms. The third-order valence-electron chi connectivity index (χ3n) is 6.26. The second-order valence-corrected chi connectivity index (χ2v) is 9.16. The molecule has 4 aromatic rings. The average molecular weight is 490 g/mol. The number of aliphatic hydroxyl groups is 1. The molecular weight excluding hydrogens is 458 g/mol. The Labute approximate surface area is 212 Å². The number of aromatic hydroxyl groups is 1. The number of aromatic nitrogens is 2. The summed E-state index contributed by atoms with van der Waals surface area (Å²) in [6.45, 7) is 3.69. The Hall–Kier alpha value is -3.12. The number of nitrogens with zero attached hydrogens (tertiary/aromatic N) is 2. The molecule has 4 rings (SSSR count). The van der Waals surface area contributed by atoms with E-state index in [0.717, 1.165) is 59.6 Å². The Balaban J connectivity index is 1.64. The molecule has 1 aromatic heterocycles. The summed E-state index contributed by atoms with van der Waals surface area (Å²) in [6.07, 6.45) is 4.92. The van der Waals surface area contributed by atoms with Gasteiger partial charge in [-0.15, -0.1) is 0 Å². The Morgan fingerprint density at radius 1 is 1.03 bits per heavy atom. The van der Waals surface area contributed by atoms with Gasteiger partial charge < -0.3 is 20.1 Å². The largest absolute Gasteiger partial charge is 0.508 e. The summed E-state index contributed by atoms with van der Waals surface area (Å²) < 4.78 is 2.34. The van der Waals surface area contributed by atoms with Crippen molar-refractivity contribution in [2.24, 2.45) is 0 Å². The number of benzene rings is 3. The first kappa shape index (κ1) is 25.0. The Kier molecular flexibility index (Phi) is 8.59. The number of imidazole rings is 1. The number of rotatable bonds is 11. The second-order valence-electron chi connectivity index (χ2n) is 8.76. The predicted octanol–water partition coefficient (Wildman–Crippen LogP) is 6.28. The van der Waals surface area contributed by atoms with Crippen LogP contribution in [0, 0.1) is 0 Å². The van der Waals surface area contributed by atoms with Crippen LogP contribution in [0.1, 0.15) is 48.2 Å². The van der Waals surface area contributed by atoms with E-state index in [1.54, 1.807) is 12.1 Å². The van der Waals surface area contributed by atoms with Gasteiger partial charge in [0.05, 0.1) is 6.61 Å². The van der Waals surface area contributed by atoms with Crippen LogP contribution in [-0.4, -0.2) is 19.8 Å². The normalized spacial score (nSPS) is 12.1. The van der Waals surface area contributed by atoms with Crippen molar-refractivity contribution in [3.05, 3.63) is 106 Å². The number of unbranched alkanes of at least 4 members (excludes halogenated alkanes) is 1. The van der Waals surface area contributed by atoms with Crippen LogP contribution in [0.4, 0.5) is 0 Å². The molecule has 0 radical (unpaired) electrons. The monoisotopic (exact) mass is 489 g/mol. The lowest BCUT2D eigenvalue weighted by molar-refractivity contribution is 0.282. The van der Waals surface area contributed by atoms with Gasteiger partial charge in [-0.2, -0.15) is 0 Å². The molecular formula is C29H32ClN3O2. The number of aliphatic hydroxyl groups excluding tert-OH is 1. The number of phenols is 1. The number of hydrogen-bond donors (Lipinski definition) is 3. The highest BCUT2D eigenvalue weighted by Crippen LogP contribution is 2.27. The third-order valence-corrected chi connectivity index (χ3v) is 6.61. The van der Waals surface area contributed by atoms with E-state index >= 15 is 0 Å². The van der Waals surface area contributed by atoms with Crippen molar-refractivity contribution in [3.8, 4) is 17.1 Å². The van der Waals surface area contributed by atoms with Gasteiger partial charge in [0.25, 0.3) is 0 Å². The molecule has 5 nitrogen and oxygen atoms in total. The molecule has 0 bridgehead atoms. The molecule has 0 saturated carbocycles. The fraction of sp³-hybridized carbons (Fsp3) is 0.276. The fourth-order valence-corrected chi connectivity index (χ4v) is 4.48. The van der Waals surface area contributed by atoms with Crippen molar-refractivity contribution in [1.82, 2.24) is 14.9 Å². The standard InChI is InChI=1S/C29H32ClN3O2/c1-2-3-15-33-25(19-32-29(33)23-7-5-4-6-8-23)16-28(22-11-9-21(20-34)10-12-22)31-18-24-13-14-26(35)17-27(24)30/h4-14,17,19,28,31,34-35H,2-3,15-16,18,20H2,1H3.